The number of aryl methyl sites for hydroxylation is 1. The van der Waals surface area contributed by atoms with Crippen LogP contribution in [-0.4, -0.2) is 17.9 Å². The fourth-order valence-corrected chi connectivity index (χ4v) is 2.49. The summed E-state index contributed by atoms with van der Waals surface area (Å²) in [6.07, 6.45) is 3.26. The van der Waals surface area contributed by atoms with Crippen molar-refractivity contribution in [2.24, 2.45) is 0 Å². The number of carbonyl (C=O) groups excluding carboxylic acids is 1. The molecule has 0 radical (unpaired) electrons. The molecule has 0 heterocycles. The lowest BCUT2D eigenvalue weighted by Gasteiger charge is -2.16. The van der Waals surface area contributed by atoms with Crippen LogP contribution in [0, 0.1) is 0 Å². The fraction of sp³-hybridized carbons (Fsp3) is 0.533. The van der Waals surface area contributed by atoms with Crippen LogP contribution in [0.4, 0.5) is 0 Å². The molecule has 0 saturated carbocycles. The van der Waals surface area contributed by atoms with E-state index in [-0.39, 0.29) is 11.9 Å². The van der Waals surface area contributed by atoms with E-state index in [1.807, 2.05) is 0 Å². The van der Waals surface area contributed by atoms with Crippen molar-refractivity contribution < 1.29 is 9.53 Å². The molecule has 0 aliphatic rings. The Morgan fingerprint density at radius 2 is 2.00 bits per heavy atom. The van der Waals surface area contributed by atoms with Gasteiger partial charge in [-0.05, 0) is 24.0 Å². The second kappa shape index (κ2) is 8.30. The van der Waals surface area contributed by atoms with Crippen molar-refractivity contribution in [1.29, 1.82) is 0 Å². The normalized spacial score (nSPS) is 12.2. The van der Waals surface area contributed by atoms with E-state index in [1.54, 1.807) is 0 Å². The van der Waals surface area contributed by atoms with Gasteiger partial charge in [0.15, 0.2) is 0 Å². The van der Waals surface area contributed by atoms with Gasteiger partial charge < -0.3 is 4.74 Å². The van der Waals surface area contributed by atoms with Crippen LogP contribution >= 0.6 is 15.9 Å². The second-order valence-electron chi connectivity index (χ2n) is 4.47. The van der Waals surface area contributed by atoms with Crippen molar-refractivity contribution >= 4 is 21.9 Å². The third-order valence-corrected chi connectivity index (χ3v) is 3.39. The van der Waals surface area contributed by atoms with Crippen LogP contribution in [0.5, 0.6) is 0 Å². The van der Waals surface area contributed by atoms with Gasteiger partial charge in [0.05, 0.1) is 6.61 Å². The minimum atomic E-state index is -0.211. The molecule has 1 aromatic carbocycles. The zero-order chi connectivity index (χ0) is 13.4. The molecule has 0 aliphatic carbocycles. The Labute approximate surface area is 118 Å². The lowest BCUT2D eigenvalue weighted by Crippen LogP contribution is -2.11. The van der Waals surface area contributed by atoms with E-state index in [9.17, 15) is 4.79 Å². The average Bonchev–Trinajstić information content (AvgIpc) is 2.36. The number of hydrogen-bond donors (Lipinski definition) is 0. The molecule has 0 saturated heterocycles. The Balaban J connectivity index is 2.68. The summed E-state index contributed by atoms with van der Waals surface area (Å²) in [6.45, 7) is 4.10. The van der Waals surface area contributed by atoms with Gasteiger partial charge >= 0.3 is 5.97 Å². The van der Waals surface area contributed by atoms with Gasteiger partial charge in [0.1, 0.15) is 0 Å². The molecule has 0 aliphatic heterocycles. The third kappa shape index (κ3) is 5.21. The smallest absolute Gasteiger partial charge is 0.302 e. The zero-order valence-electron chi connectivity index (χ0n) is 11.1. The van der Waals surface area contributed by atoms with Crippen LogP contribution in [0.3, 0.4) is 0 Å². The number of ether oxygens (including phenoxy) is 1. The highest BCUT2D eigenvalue weighted by molar-refractivity contribution is 9.09. The molecule has 18 heavy (non-hydrogen) atoms. The molecule has 0 spiro atoms. The summed E-state index contributed by atoms with van der Waals surface area (Å²) >= 11 is 3.45. The maximum atomic E-state index is 10.9. The Hall–Kier alpha value is -0.830. The highest BCUT2D eigenvalue weighted by Crippen LogP contribution is 2.22. The van der Waals surface area contributed by atoms with Gasteiger partial charge in [-0.15, -0.1) is 0 Å². The van der Waals surface area contributed by atoms with E-state index in [0.717, 1.165) is 24.6 Å². The number of esters is 1. The van der Waals surface area contributed by atoms with Gasteiger partial charge in [-0.25, -0.2) is 0 Å². The first kappa shape index (κ1) is 15.2. The molecule has 1 atom stereocenters. The standard InChI is InChI=1S/C15H21BrO2/c1-3-4-13-5-7-14(8-6-13)15(9-10-16)11-18-12(2)17/h5-8,15H,3-4,9-11H2,1-2H3. The molecule has 0 N–H and O–H groups in total. The molecule has 0 aromatic heterocycles. The van der Waals surface area contributed by atoms with Gasteiger partial charge in [0, 0.05) is 18.2 Å². The SMILES string of the molecule is CCCc1ccc(C(CCBr)COC(C)=O)cc1. The summed E-state index contributed by atoms with van der Waals surface area (Å²) in [7, 11) is 0. The Morgan fingerprint density at radius 1 is 1.33 bits per heavy atom. The summed E-state index contributed by atoms with van der Waals surface area (Å²) in [5.74, 6) is 0.0705. The van der Waals surface area contributed by atoms with Gasteiger partial charge in [-0.3, -0.25) is 4.79 Å². The van der Waals surface area contributed by atoms with Crippen molar-refractivity contribution in [1.82, 2.24) is 0 Å². The molecule has 1 unspecified atom stereocenters. The molecule has 2 nitrogen and oxygen atoms in total. The van der Waals surface area contributed by atoms with Crippen LogP contribution in [0.2, 0.25) is 0 Å². The van der Waals surface area contributed by atoms with Crippen LogP contribution in [0.15, 0.2) is 24.3 Å². The van der Waals surface area contributed by atoms with Crippen LogP contribution in [0.25, 0.3) is 0 Å². The van der Waals surface area contributed by atoms with Crippen molar-refractivity contribution in [3.8, 4) is 0 Å². The van der Waals surface area contributed by atoms with E-state index in [0.29, 0.717) is 6.61 Å². The molecule has 100 valence electrons. The maximum absolute atomic E-state index is 10.9. The topological polar surface area (TPSA) is 26.3 Å². The first-order valence-corrected chi connectivity index (χ1v) is 7.57. The van der Waals surface area contributed by atoms with Gasteiger partial charge in [-0.1, -0.05) is 53.5 Å². The number of halogens is 1. The number of benzene rings is 1. The van der Waals surface area contributed by atoms with Gasteiger partial charge in [0.2, 0.25) is 0 Å². The summed E-state index contributed by atoms with van der Waals surface area (Å²) in [6, 6.07) is 8.66. The van der Waals surface area contributed by atoms with E-state index in [4.69, 9.17) is 4.74 Å². The summed E-state index contributed by atoms with van der Waals surface area (Å²) in [4.78, 5) is 10.9. The Morgan fingerprint density at radius 3 is 2.50 bits per heavy atom. The third-order valence-electron chi connectivity index (χ3n) is 2.94. The average molecular weight is 313 g/mol. The summed E-state index contributed by atoms with van der Waals surface area (Å²) in [5, 5.41) is 0.912. The predicted molar refractivity (Wildman–Crippen MR) is 78.2 cm³/mol. The largest absolute Gasteiger partial charge is 0.465 e. The number of rotatable bonds is 7. The highest BCUT2D eigenvalue weighted by atomic mass is 79.9. The number of alkyl halides is 1. The minimum absolute atomic E-state index is 0.211. The minimum Gasteiger partial charge on any atom is -0.465 e. The van der Waals surface area contributed by atoms with Crippen LogP contribution < -0.4 is 0 Å². The van der Waals surface area contributed by atoms with Crippen molar-refractivity contribution in [2.75, 3.05) is 11.9 Å². The van der Waals surface area contributed by atoms with Gasteiger partial charge in [-0.2, -0.15) is 0 Å². The van der Waals surface area contributed by atoms with Crippen molar-refractivity contribution in [3.63, 3.8) is 0 Å². The maximum Gasteiger partial charge on any atom is 0.302 e. The Kier molecular flexibility index (Phi) is 7.02. The van der Waals surface area contributed by atoms with E-state index in [1.165, 1.54) is 18.1 Å². The van der Waals surface area contributed by atoms with Crippen molar-refractivity contribution in [2.45, 2.75) is 39.0 Å². The predicted octanol–water partition coefficient (Wildman–Crippen LogP) is 4.07. The number of hydrogen-bond acceptors (Lipinski definition) is 2. The molecule has 0 amide bonds. The van der Waals surface area contributed by atoms with E-state index >= 15 is 0 Å². The molecular formula is C15H21BrO2. The lowest BCUT2D eigenvalue weighted by molar-refractivity contribution is -0.141. The molecular weight excluding hydrogens is 292 g/mol. The van der Waals surface area contributed by atoms with E-state index in [2.05, 4.69) is 47.1 Å². The monoisotopic (exact) mass is 312 g/mol. The quantitative estimate of drug-likeness (QED) is 0.560. The summed E-state index contributed by atoms with van der Waals surface area (Å²) in [5.41, 5.74) is 2.61. The highest BCUT2D eigenvalue weighted by Gasteiger charge is 2.12. The number of carbonyl (C=O) groups is 1. The molecule has 3 heteroatoms. The van der Waals surface area contributed by atoms with Crippen LogP contribution in [0.1, 0.15) is 43.7 Å². The lowest BCUT2D eigenvalue weighted by atomic mass is 9.95. The van der Waals surface area contributed by atoms with Gasteiger partial charge in [0.25, 0.3) is 0 Å². The van der Waals surface area contributed by atoms with E-state index < -0.39 is 0 Å². The first-order chi connectivity index (χ1) is 8.67. The Bertz CT molecular complexity index is 359. The van der Waals surface area contributed by atoms with Crippen LogP contribution in [-0.2, 0) is 16.0 Å². The fourth-order valence-electron chi connectivity index (χ4n) is 1.94. The first-order valence-electron chi connectivity index (χ1n) is 6.45. The molecule has 1 rings (SSSR count). The second-order valence-corrected chi connectivity index (χ2v) is 5.26. The molecule has 0 bridgehead atoms. The molecule has 0 fully saturated rings. The van der Waals surface area contributed by atoms with Crippen molar-refractivity contribution in [3.05, 3.63) is 35.4 Å². The summed E-state index contributed by atoms with van der Waals surface area (Å²) < 4.78 is 5.13. The zero-order valence-corrected chi connectivity index (χ0v) is 12.7. The molecule has 1 aromatic rings.